The number of para-hydroxylation sites is 2. The number of benzene rings is 3. The number of hydrogen-bond acceptors (Lipinski definition) is 5. The maximum Gasteiger partial charge on any atom is 0.230 e. The van der Waals surface area contributed by atoms with Crippen molar-refractivity contribution in [2.24, 2.45) is 0 Å². The fraction of sp³-hybridized carbons (Fsp3) is 0.125. The first kappa shape index (κ1) is 22.8. The van der Waals surface area contributed by atoms with E-state index in [9.17, 15) is 9.18 Å². The number of amides is 1. The molecule has 6 nitrogen and oxygen atoms in total. The minimum Gasteiger partial charge on any atom is -0.492 e. The normalized spacial score (nSPS) is 10.7. The van der Waals surface area contributed by atoms with Crippen LogP contribution in [-0.4, -0.2) is 39.6 Å². The van der Waals surface area contributed by atoms with Crippen LogP contribution in [0.4, 0.5) is 4.39 Å². The Kier molecular flexibility index (Phi) is 7.59. The van der Waals surface area contributed by atoms with E-state index in [1.54, 1.807) is 41.0 Å². The van der Waals surface area contributed by atoms with Gasteiger partial charge in [0.15, 0.2) is 11.0 Å². The number of carbonyl (C=O) groups excluding carboxylic acids is 1. The summed E-state index contributed by atoms with van der Waals surface area (Å²) in [7, 11) is 0. The molecule has 33 heavy (non-hydrogen) atoms. The van der Waals surface area contributed by atoms with Crippen molar-refractivity contribution in [1.29, 1.82) is 0 Å². The number of aromatic nitrogens is 3. The summed E-state index contributed by atoms with van der Waals surface area (Å²) in [6, 6.07) is 22.8. The molecule has 1 amide bonds. The lowest BCUT2D eigenvalue weighted by Gasteiger charge is -2.12. The molecule has 1 aromatic heterocycles. The quantitative estimate of drug-likeness (QED) is 0.268. The van der Waals surface area contributed by atoms with E-state index < -0.39 is 5.82 Å². The third kappa shape index (κ3) is 5.71. The van der Waals surface area contributed by atoms with Crippen LogP contribution in [0.2, 0.25) is 5.02 Å². The Balaban J connectivity index is 1.46. The van der Waals surface area contributed by atoms with Crippen molar-refractivity contribution in [3.8, 4) is 22.8 Å². The zero-order chi connectivity index (χ0) is 23.0. The molecule has 0 aliphatic rings. The molecule has 0 atom stereocenters. The minimum absolute atomic E-state index is 0.0838. The molecule has 0 saturated heterocycles. The minimum atomic E-state index is -0.435. The Morgan fingerprint density at radius 1 is 1.00 bits per heavy atom. The van der Waals surface area contributed by atoms with Gasteiger partial charge in [0, 0.05) is 5.56 Å². The SMILES string of the molecule is O=C(CSc1nnc(-c2ccccc2Cl)n1-c1ccccc1F)NCCOc1ccccc1. The number of nitrogens with one attached hydrogen (secondary N) is 1. The predicted octanol–water partition coefficient (Wildman–Crippen LogP) is 5.01. The largest absolute Gasteiger partial charge is 0.492 e. The molecule has 4 rings (SSSR count). The summed E-state index contributed by atoms with van der Waals surface area (Å²) in [6.07, 6.45) is 0. The topological polar surface area (TPSA) is 69.0 Å². The van der Waals surface area contributed by atoms with Crippen LogP contribution in [0, 0.1) is 5.82 Å². The van der Waals surface area contributed by atoms with Crippen molar-refractivity contribution in [3.63, 3.8) is 0 Å². The number of nitrogens with zero attached hydrogens (tertiary/aromatic N) is 3. The molecule has 0 saturated carbocycles. The zero-order valence-electron chi connectivity index (χ0n) is 17.4. The second-order valence-corrected chi connectivity index (χ2v) is 8.22. The molecule has 168 valence electrons. The van der Waals surface area contributed by atoms with Crippen LogP contribution in [0.15, 0.2) is 84.0 Å². The highest BCUT2D eigenvalue weighted by Gasteiger charge is 2.20. The number of carbonyl (C=O) groups is 1. The van der Waals surface area contributed by atoms with Gasteiger partial charge in [0.05, 0.1) is 23.0 Å². The zero-order valence-corrected chi connectivity index (χ0v) is 19.0. The fourth-order valence-electron chi connectivity index (χ4n) is 3.09. The average molecular weight is 483 g/mol. The highest BCUT2D eigenvalue weighted by Crippen LogP contribution is 2.32. The molecule has 0 aliphatic heterocycles. The Hall–Kier alpha value is -3.36. The Labute approximate surface area is 199 Å². The Morgan fingerprint density at radius 2 is 1.73 bits per heavy atom. The summed E-state index contributed by atoms with van der Waals surface area (Å²) in [6.45, 7) is 0.710. The van der Waals surface area contributed by atoms with Gasteiger partial charge in [-0.05, 0) is 36.4 Å². The van der Waals surface area contributed by atoms with Gasteiger partial charge in [-0.3, -0.25) is 9.36 Å². The first-order valence-electron chi connectivity index (χ1n) is 10.2. The van der Waals surface area contributed by atoms with Crippen LogP contribution >= 0.6 is 23.4 Å². The molecule has 4 aromatic rings. The molecule has 0 aliphatic carbocycles. The van der Waals surface area contributed by atoms with Gasteiger partial charge in [0.2, 0.25) is 5.91 Å². The summed E-state index contributed by atoms with van der Waals surface area (Å²) >= 11 is 7.51. The summed E-state index contributed by atoms with van der Waals surface area (Å²) in [5, 5.41) is 12.1. The fourth-order valence-corrected chi connectivity index (χ4v) is 4.08. The van der Waals surface area contributed by atoms with Crippen molar-refractivity contribution in [2.45, 2.75) is 5.16 Å². The summed E-state index contributed by atoms with van der Waals surface area (Å²) < 4.78 is 21.8. The van der Waals surface area contributed by atoms with Crippen molar-refractivity contribution >= 4 is 29.3 Å². The summed E-state index contributed by atoms with van der Waals surface area (Å²) in [5.41, 5.74) is 0.890. The van der Waals surface area contributed by atoms with Crippen LogP contribution in [-0.2, 0) is 4.79 Å². The molecular formula is C24H20ClFN4O2S. The van der Waals surface area contributed by atoms with Crippen LogP contribution in [0.5, 0.6) is 5.75 Å². The van der Waals surface area contributed by atoms with E-state index in [1.807, 2.05) is 36.4 Å². The molecule has 0 bridgehead atoms. The number of rotatable bonds is 9. The van der Waals surface area contributed by atoms with Gasteiger partial charge >= 0.3 is 0 Å². The molecule has 1 heterocycles. The van der Waals surface area contributed by atoms with Gasteiger partial charge in [0.1, 0.15) is 18.2 Å². The highest BCUT2D eigenvalue weighted by atomic mass is 35.5. The van der Waals surface area contributed by atoms with Gasteiger partial charge in [-0.25, -0.2) is 4.39 Å². The lowest BCUT2D eigenvalue weighted by molar-refractivity contribution is -0.118. The van der Waals surface area contributed by atoms with Crippen molar-refractivity contribution in [1.82, 2.24) is 20.1 Å². The van der Waals surface area contributed by atoms with Gasteiger partial charge in [-0.1, -0.05) is 65.8 Å². The molecule has 1 N–H and O–H groups in total. The van der Waals surface area contributed by atoms with Gasteiger partial charge < -0.3 is 10.1 Å². The van der Waals surface area contributed by atoms with Crippen molar-refractivity contribution in [2.75, 3.05) is 18.9 Å². The second-order valence-electron chi connectivity index (χ2n) is 6.87. The monoisotopic (exact) mass is 482 g/mol. The van der Waals surface area contributed by atoms with Crippen LogP contribution in [0.25, 0.3) is 17.1 Å². The van der Waals surface area contributed by atoms with E-state index >= 15 is 0 Å². The third-order valence-electron chi connectivity index (χ3n) is 4.61. The molecule has 0 fully saturated rings. The van der Waals surface area contributed by atoms with Crippen LogP contribution in [0.3, 0.4) is 0 Å². The Bertz CT molecular complexity index is 1240. The van der Waals surface area contributed by atoms with Crippen molar-refractivity contribution in [3.05, 3.63) is 89.7 Å². The molecule has 0 spiro atoms. The number of thioether (sulfide) groups is 1. The van der Waals surface area contributed by atoms with E-state index in [0.29, 0.717) is 34.7 Å². The lowest BCUT2D eigenvalue weighted by Crippen LogP contribution is -2.29. The Morgan fingerprint density at radius 3 is 2.52 bits per heavy atom. The first-order chi connectivity index (χ1) is 16.1. The number of halogens is 2. The molecule has 9 heteroatoms. The van der Waals surface area contributed by atoms with Crippen molar-refractivity contribution < 1.29 is 13.9 Å². The first-order valence-corrected chi connectivity index (χ1v) is 11.5. The van der Waals surface area contributed by atoms with E-state index in [-0.39, 0.29) is 17.3 Å². The summed E-state index contributed by atoms with van der Waals surface area (Å²) in [5.74, 6) is 0.588. The average Bonchev–Trinajstić information content (AvgIpc) is 3.25. The predicted molar refractivity (Wildman–Crippen MR) is 127 cm³/mol. The maximum atomic E-state index is 14.7. The smallest absolute Gasteiger partial charge is 0.230 e. The van der Waals surface area contributed by atoms with Gasteiger partial charge in [-0.2, -0.15) is 0 Å². The summed E-state index contributed by atoms with van der Waals surface area (Å²) in [4.78, 5) is 12.3. The molecule has 0 unspecified atom stereocenters. The van der Waals surface area contributed by atoms with E-state index in [0.717, 1.165) is 17.5 Å². The van der Waals surface area contributed by atoms with E-state index in [4.69, 9.17) is 16.3 Å². The third-order valence-corrected chi connectivity index (χ3v) is 5.87. The van der Waals surface area contributed by atoms with Gasteiger partial charge in [-0.15, -0.1) is 10.2 Å². The van der Waals surface area contributed by atoms with E-state index in [2.05, 4.69) is 15.5 Å². The van der Waals surface area contributed by atoms with Gasteiger partial charge in [0.25, 0.3) is 0 Å². The molecular weight excluding hydrogens is 463 g/mol. The maximum absolute atomic E-state index is 14.7. The molecule has 0 radical (unpaired) electrons. The molecule has 3 aromatic carbocycles. The van der Waals surface area contributed by atoms with Crippen LogP contribution in [0.1, 0.15) is 0 Å². The van der Waals surface area contributed by atoms with Crippen LogP contribution < -0.4 is 10.1 Å². The standard InChI is InChI=1S/C24H20ClFN4O2S/c25-19-11-5-4-10-18(19)23-28-29-24(30(23)21-13-7-6-12-20(21)26)33-16-22(31)27-14-15-32-17-8-2-1-3-9-17/h1-13H,14-16H2,(H,27,31). The highest BCUT2D eigenvalue weighted by molar-refractivity contribution is 7.99. The second kappa shape index (κ2) is 11.0. The number of ether oxygens (including phenoxy) is 1. The van der Waals surface area contributed by atoms with E-state index in [1.165, 1.54) is 6.07 Å². The number of hydrogen-bond donors (Lipinski definition) is 1. The lowest BCUT2D eigenvalue weighted by atomic mass is 10.2.